The van der Waals surface area contributed by atoms with E-state index in [0.717, 1.165) is 25.9 Å². The van der Waals surface area contributed by atoms with Gasteiger partial charge in [-0.15, -0.1) is 10.2 Å². The number of aromatic nitrogens is 2. The van der Waals surface area contributed by atoms with Crippen molar-refractivity contribution in [3.63, 3.8) is 0 Å². The average molecular weight is 407 g/mol. The van der Waals surface area contributed by atoms with Crippen molar-refractivity contribution in [1.29, 1.82) is 0 Å². The van der Waals surface area contributed by atoms with Crippen LogP contribution >= 0.6 is 23.4 Å². The van der Waals surface area contributed by atoms with Crippen LogP contribution in [0.1, 0.15) is 12.8 Å². The molecule has 3 rings (SSSR count). The predicted molar refractivity (Wildman–Crippen MR) is 104 cm³/mol. The number of carbonyl (C=O) groups excluding carboxylic acids is 2. The summed E-state index contributed by atoms with van der Waals surface area (Å²) in [7, 11) is 0. The SMILES string of the molecule is O=C(COc1ccc(Cl)cc1)Nc1ccc(SCC(=O)N2CCCC2)nn1. The van der Waals surface area contributed by atoms with Gasteiger partial charge < -0.3 is 15.0 Å². The molecule has 142 valence electrons. The van der Waals surface area contributed by atoms with Gasteiger partial charge in [-0.3, -0.25) is 9.59 Å². The maximum absolute atomic E-state index is 12.0. The molecule has 1 saturated heterocycles. The fourth-order valence-corrected chi connectivity index (χ4v) is 3.36. The zero-order chi connectivity index (χ0) is 19.1. The van der Waals surface area contributed by atoms with Gasteiger partial charge in [0.15, 0.2) is 12.4 Å². The molecule has 1 aromatic heterocycles. The Morgan fingerprint density at radius 1 is 1.11 bits per heavy atom. The van der Waals surface area contributed by atoms with Gasteiger partial charge in [0.25, 0.3) is 5.91 Å². The van der Waals surface area contributed by atoms with Gasteiger partial charge in [-0.1, -0.05) is 23.4 Å². The minimum absolute atomic E-state index is 0.121. The van der Waals surface area contributed by atoms with Crippen LogP contribution in [0.2, 0.25) is 5.02 Å². The lowest BCUT2D eigenvalue weighted by molar-refractivity contribution is -0.127. The van der Waals surface area contributed by atoms with Crippen molar-refractivity contribution in [3.8, 4) is 5.75 Å². The summed E-state index contributed by atoms with van der Waals surface area (Å²) in [5.41, 5.74) is 0. The number of anilines is 1. The average Bonchev–Trinajstić information content (AvgIpc) is 3.22. The lowest BCUT2D eigenvalue weighted by Gasteiger charge is -2.14. The Morgan fingerprint density at radius 3 is 2.52 bits per heavy atom. The van der Waals surface area contributed by atoms with Crippen molar-refractivity contribution in [3.05, 3.63) is 41.4 Å². The van der Waals surface area contributed by atoms with Crippen LogP contribution in [0.5, 0.6) is 5.75 Å². The van der Waals surface area contributed by atoms with Crippen molar-refractivity contribution >= 4 is 41.0 Å². The summed E-state index contributed by atoms with van der Waals surface area (Å²) in [5.74, 6) is 1.000. The summed E-state index contributed by atoms with van der Waals surface area (Å²) in [6.07, 6.45) is 2.15. The first-order chi connectivity index (χ1) is 13.1. The molecule has 0 radical (unpaired) electrons. The largest absolute Gasteiger partial charge is 0.484 e. The molecule has 1 N–H and O–H groups in total. The molecular formula is C18H19ClN4O3S. The molecule has 0 atom stereocenters. The molecule has 0 spiro atoms. The molecule has 1 aliphatic heterocycles. The summed E-state index contributed by atoms with van der Waals surface area (Å²) in [6, 6.07) is 10.1. The Balaban J connectivity index is 1.42. The normalized spacial score (nSPS) is 13.4. The second kappa shape index (κ2) is 9.57. The highest BCUT2D eigenvalue weighted by atomic mass is 35.5. The zero-order valence-electron chi connectivity index (χ0n) is 14.6. The number of halogens is 1. The van der Waals surface area contributed by atoms with Gasteiger partial charge >= 0.3 is 0 Å². The Morgan fingerprint density at radius 2 is 1.85 bits per heavy atom. The van der Waals surface area contributed by atoms with Crippen LogP contribution < -0.4 is 10.1 Å². The molecule has 2 aromatic rings. The first-order valence-electron chi connectivity index (χ1n) is 8.53. The third-order valence-electron chi connectivity index (χ3n) is 3.89. The van der Waals surface area contributed by atoms with Gasteiger partial charge in [-0.05, 0) is 49.2 Å². The minimum atomic E-state index is -0.344. The molecule has 0 saturated carbocycles. The van der Waals surface area contributed by atoms with E-state index in [9.17, 15) is 9.59 Å². The Bertz CT molecular complexity index is 780. The molecule has 0 unspecified atom stereocenters. The standard InChI is InChI=1S/C18H19ClN4O3S/c19-13-3-5-14(6-4-13)26-11-16(24)20-15-7-8-17(22-21-15)27-12-18(25)23-9-1-2-10-23/h3-8H,1-2,9-12H2,(H,20,21,24). The maximum Gasteiger partial charge on any atom is 0.263 e. The van der Waals surface area contributed by atoms with E-state index in [1.54, 1.807) is 36.4 Å². The van der Waals surface area contributed by atoms with Crippen LogP contribution in [-0.2, 0) is 9.59 Å². The first-order valence-corrected chi connectivity index (χ1v) is 9.89. The summed E-state index contributed by atoms with van der Waals surface area (Å²) >= 11 is 7.13. The van der Waals surface area contributed by atoms with Crippen molar-refractivity contribution in [2.75, 3.05) is 30.8 Å². The second-order valence-electron chi connectivity index (χ2n) is 5.92. The summed E-state index contributed by atoms with van der Waals surface area (Å²) in [5, 5.41) is 11.8. The Hall–Kier alpha value is -2.32. The van der Waals surface area contributed by atoms with Gasteiger partial charge in [0.05, 0.1) is 5.75 Å². The number of nitrogens with zero attached hydrogens (tertiary/aromatic N) is 3. The monoisotopic (exact) mass is 406 g/mol. The number of hydrogen-bond acceptors (Lipinski definition) is 6. The summed E-state index contributed by atoms with van der Waals surface area (Å²) < 4.78 is 5.37. The zero-order valence-corrected chi connectivity index (χ0v) is 16.1. The van der Waals surface area contributed by atoms with Gasteiger partial charge in [0.2, 0.25) is 5.91 Å². The quantitative estimate of drug-likeness (QED) is 0.712. The lowest BCUT2D eigenvalue weighted by Crippen LogP contribution is -2.29. The Labute approximate surface area is 166 Å². The fraction of sp³-hybridized carbons (Fsp3) is 0.333. The maximum atomic E-state index is 12.0. The number of thioether (sulfide) groups is 1. The van der Waals surface area contributed by atoms with E-state index in [4.69, 9.17) is 16.3 Å². The van der Waals surface area contributed by atoms with Crippen molar-refractivity contribution in [2.45, 2.75) is 17.9 Å². The smallest absolute Gasteiger partial charge is 0.263 e. The Kier molecular flexibility index (Phi) is 6.89. The molecule has 2 heterocycles. The van der Waals surface area contributed by atoms with E-state index < -0.39 is 0 Å². The minimum Gasteiger partial charge on any atom is -0.484 e. The molecular weight excluding hydrogens is 388 g/mol. The molecule has 9 heteroatoms. The third-order valence-corrected chi connectivity index (χ3v) is 5.05. The van der Waals surface area contributed by atoms with Crippen LogP contribution in [0, 0.1) is 0 Å². The molecule has 7 nitrogen and oxygen atoms in total. The molecule has 0 aliphatic carbocycles. The van der Waals surface area contributed by atoms with E-state index in [1.807, 2.05) is 4.90 Å². The number of benzene rings is 1. The van der Waals surface area contributed by atoms with Crippen molar-refractivity contribution in [1.82, 2.24) is 15.1 Å². The molecule has 2 amide bonds. The molecule has 0 bridgehead atoms. The summed E-state index contributed by atoms with van der Waals surface area (Å²) in [4.78, 5) is 25.8. The highest BCUT2D eigenvalue weighted by Gasteiger charge is 2.18. The van der Waals surface area contributed by atoms with Crippen LogP contribution in [0.15, 0.2) is 41.4 Å². The van der Waals surface area contributed by atoms with E-state index in [-0.39, 0.29) is 18.4 Å². The number of rotatable bonds is 7. The fourth-order valence-electron chi connectivity index (χ4n) is 2.52. The summed E-state index contributed by atoms with van der Waals surface area (Å²) in [6.45, 7) is 1.53. The molecule has 1 aliphatic rings. The van der Waals surface area contributed by atoms with Gasteiger partial charge in [-0.25, -0.2) is 0 Å². The molecule has 1 aromatic carbocycles. The number of nitrogens with one attached hydrogen (secondary N) is 1. The second-order valence-corrected chi connectivity index (χ2v) is 7.36. The van der Waals surface area contributed by atoms with Gasteiger partial charge in [0, 0.05) is 18.1 Å². The third kappa shape index (κ3) is 6.11. The van der Waals surface area contributed by atoms with E-state index in [0.29, 0.717) is 27.4 Å². The number of likely N-dealkylation sites (tertiary alicyclic amines) is 1. The van der Waals surface area contributed by atoms with Crippen LogP contribution in [0.3, 0.4) is 0 Å². The predicted octanol–water partition coefficient (Wildman–Crippen LogP) is 2.86. The van der Waals surface area contributed by atoms with Crippen LogP contribution in [0.4, 0.5) is 5.82 Å². The highest BCUT2D eigenvalue weighted by Crippen LogP contribution is 2.18. The topological polar surface area (TPSA) is 84.4 Å². The molecule has 27 heavy (non-hydrogen) atoms. The van der Waals surface area contributed by atoms with Gasteiger partial charge in [-0.2, -0.15) is 0 Å². The number of amides is 2. The van der Waals surface area contributed by atoms with E-state index in [1.165, 1.54) is 11.8 Å². The number of ether oxygens (including phenoxy) is 1. The van der Waals surface area contributed by atoms with Gasteiger partial charge in [0.1, 0.15) is 10.8 Å². The lowest BCUT2D eigenvalue weighted by atomic mass is 10.3. The highest BCUT2D eigenvalue weighted by molar-refractivity contribution is 7.99. The number of carbonyl (C=O) groups is 2. The van der Waals surface area contributed by atoms with Crippen molar-refractivity contribution < 1.29 is 14.3 Å². The molecule has 1 fully saturated rings. The van der Waals surface area contributed by atoms with Crippen molar-refractivity contribution in [2.24, 2.45) is 0 Å². The number of hydrogen-bond donors (Lipinski definition) is 1. The first kappa shape index (κ1) is 19.4. The van der Waals surface area contributed by atoms with Crippen LogP contribution in [-0.4, -0.2) is 52.4 Å². The van der Waals surface area contributed by atoms with E-state index in [2.05, 4.69) is 15.5 Å². The van der Waals surface area contributed by atoms with Crippen LogP contribution in [0.25, 0.3) is 0 Å². The van der Waals surface area contributed by atoms with E-state index >= 15 is 0 Å².